The summed E-state index contributed by atoms with van der Waals surface area (Å²) in [5, 5.41) is 10.2. The number of carbonyl (C=O) groups is 1. The van der Waals surface area contributed by atoms with Crippen LogP contribution in [0.3, 0.4) is 0 Å². The zero-order valence-corrected chi connectivity index (χ0v) is 18.6. The van der Waals surface area contributed by atoms with Gasteiger partial charge in [0.2, 0.25) is 5.91 Å². The summed E-state index contributed by atoms with van der Waals surface area (Å²) in [5.41, 5.74) is 3.05. The Bertz CT molecular complexity index is 941. The van der Waals surface area contributed by atoms with Gasteiger partial charge in [-0.1, -0.05) is 49.2 Å². The summed E-state index contributed by atoms with van der Waals surface area (Å²) >= 11 is 0. The molecular formula is C27H33FN2O2. The third kappa shape index (κ3) is 4.08. The number of carbonyl (C=O) groups excluding carboxylic acids is 1. The number of rotatable bonds is 4. The van der Waals surface area contributed by atoms with E-state index < -0.39 is 0 Å². The standard InChI is InChI=1S/C27H33FN2O2/c28-23-9-5-8-22(16-23)19-10-12-20(13-11-19)26-24-17-29(27(32)21-6-1-2-7-21)14-3-4-15-30(24)25(26)18-31/h5,8-13,16,21,24-26,31H,1-4,6-7,14-15,17-18H2/t24-,25-,26+/m1/s1. The summed E-state index contributed by atoms with van der Waals surface area (Å²) < 4.78 is 13.6. The smallest absolute Gasteiger partial charge is 0.225 e. The van der Waals surface area contributed by atoms with Gasteiger partial charge >= 0.3 is 0 Å². The maximum Gasteiger partial charge on any atom is 0.225 e. The van der Waals surface area contributed by atoms with Crippen LogP contribution in [-0.4, -0.2) is 59.1 Å². The third-order valence-electron chi connectivity index (χ3n) is 7.84. The van der Waals surface area contributed by atoms with Crippen LogP contribution in [0.15, 0.2) is 48.5 Å². The molecular weight excluding hydrogens is 403 g/mol. The first-order valence-corrected chi connectivity index (χ1v) is 12.2. The van der Waals surface area contributed by atoms with Crippen molar-refractivity contribution < 1.29 is 14.3 Å². The van der Waals surface area contributed by atoms with E-state index in [1.54, 1.807) is 12.1 Å². The molecule has 0 aromatic heterocycles. The SMILES string of the molecule is O=C(C1CCCC1)N1CCCCN2[C@H](CO)[C@@H](c3ccc(-c4cccc(F)c4)cc3)[C@H]2C1. The van der Waals surface area contributed by atoms with E-state index in [0.717, 1.165) is 56.4 Å². The highest BCUT2D eigenvalue weighted by Crippen LogP contribution is 2.42. The predicted molar refractivity (Wildman–Crippen MR) is 124 cm³/mol. The number of halogens is 1. The van der Waals surface area contributed by atoms with Crippen LogP contribution in [0.5, 0.6) is 0 Å². The highest BCUT2D eigenvalue weighted by atomic mass is 19.1. The first kappa shape index (κ1) is 21.6. The molecule has 2 aromatic carbocycles. The van der Waals surface area contributed by atoms with E-state index in [1.807, 2.05) is 18.2 Å². The summed E-state index contributed by atoms with van der Waals surface area (Å²) in [7, 11) is 0. The van der Waals surface area contributed by atoms with Crippen LogP contribution in [0.4, 0.5) is 4.39 Å². The monoisotopic (exact) mass is 436 g/mol. The van der Waals surface area contributed by atoms with Crippen LogP contribution in [0, 0.1) is 11.7 Å². The molecule has 1 amide bonds. The van der Waals surface area contributed by atoms with Crippen molar-refractivity contribution in [3.05, 3.63) is 59.9 Å². The molecule has 3 aliphatic rings. The molecule has 2 aliphatic heterocycles. The van der Waals surface area contributed by atoms with E-state index >= 15 is 0 Å². The minimum Gasteiger partial charge on any atom is -0.395 e. The average Bonchev–Trinajstić information content (AvgIpc) is 3.33. The number of nitrogens with zero attached hydrogens (tertiary/aromatic N) is 2. The molecule has 2 aromatic rings. The summed E-state index contributed by atoms with van der Waals surface area (Å²) in [4.78, 5) is 17.7. The van der Waals surface area contributed by atoms with Crippen molar-refractivity contribution in [2.24, 2.45) is 5.92 Å². The highest BCUT2D eigenvalue weighted by Gasteiger charge is 2.49. The molecule has 1 aliphatic carbocycles. The molecule has 2 saturated heterocycles. The minimum atomic E-state index is -0.233. The molecule has 0 unspecified atom stereocenters. The topological polar surface area (TPSA) is 43.8 Å². The van der Waals surface area contributed by atoms with Crippen LogP contribution >= 0.6 is 0 Å². The van der Waals surface area contributed by atoms with Crippen LogP contribution in [0.1, 0.15) is 50.0 Å². The van der Waals surface area contributed by atoms with E-state index in [0.29, 0.717) is 5.91 Å². The number of benzene rings is 2. The highest BCUT2D eigenvalue weighted by molar-refractivity contribution is 5.79. The van der Waals surface area contributed by atoms with Gasteiger partial charge in [-0.3, -0.25) is 9.69 Å². The Balaban J connectivity index is 1.37. The van der Waals surface area contributed by atoms with Crippen LogP contribution in [-0.2, 0) is 4.79 Å². The molecule has 32 heavy (non-hydrogen) atoms. The van der Waals surface area contributed by atoms with Crippen LogP contribution in [0.25, 0.3) is 11.1 Å². The van der Waals surface area contributed by atoms with Gasteiger partial charge in [0.1, 0.15) is 5.82 Å². The van der Waals surface area contributed by atoms with Crippen molar-refractivity contribution in [1.82, 2.24) is 9.80 Å². The average molecular weight is 437 g/mol. The number of hydrogen-bond donors (Lipinski definition) is 1. The second kappa shape index (κ2) is 9.32. The van der Waals surface area contributed by atoms with Crippen LogP contribution in [0.2, 0.25) is 0 Å². The quantitative estimate of drug-likeness (QED) is 0.771. The third-order valence-corrected chi connectivity index (χ3v) is 7.84. The Hall–Kier alpha value is -2.24. The molecule has 0 radical (unpaired) electrons. The number of amides is 1. The second-order valence-corrected chi connectivity index (χ2v) is 9.69. The van der Waals surface area contributed by atoms with Gasteiger partial charge in [0.15, 0.2) is 0 Å². The van der Waals surface area contributed by atoms with Crippen molar-refractivity contribution in [2.45, 2.75) is 56.5 Å². The molecule has 1 N–H and O–H groups in total. The Morgan fingerprint density at radius 3 is 2.44 bits per heavy atom. The van der Waals surface area contributed by atoms with Crippen molar-refractivity contribution in [2.75, 3.05) is 26.2 Å². The van der Waals surface area contributed by atoms with Crippen molar-refractivity contribution >= 4 is 5.91 Å². The fourth-order valence-corrected chi connectivity index (χ4v) is 6.14. The van der Waals surface area contributed by atoms with E-state index in [9.17, 15) is 14.3 Å². The van der Waals surface area contributed by atoms with Crippen molar-refractivity contribution in [3.8, 4) is 11.1 Å². The van der Waals surface area contributed by atoms with Gasteiger partial charge in [-0.05, 0) is 61.1 Å². The summed E-state index contributed by atoms with van der Waals surface area (Å²) in [6, 6.07) is 15.3. The molecule has 1 saturated carbocycles. The van der Waals surface area contributed by atoms with E-state index in [2.05, 4.69) is 21.9 Å². The number of aliphatic hydroxyl groups excluding tert-OH is 1. The largest absolute Gasteiger partial charge is 0.395 e. The lowest BCUT2D eigenvalue weighted by Gasteiger charge is -2.57. The fraction of sp³-hybridized carbons (Fsp3) is 0.519. The van der Waals surface area contributed by atoms with Gasteiger partial charge in [0.05, 0.1) is 6.61 Å². The fourth-order valence-electron chi connectivity index (χ4n) is 6.14. The molecule has 3 atom stereocenters. The normalized spacial score (nSPS) is 26.8. The van der Waals surface area contributed by atoms with Gasteiger partial charge in [-0.2, -0.15) is 0 Å². The van der Waals surface area contributed by atoms with E-state index in [1.165, 1.54) is 24.5 Å². The summed E-state index contributed by atoms with van der Waals surface area (Å²) in [6.45, 7) is 2.72. The molecule has 5 rings (SSSR count). The molecule has 4 nitrogen and oxygen atoms in total. The Morgan fingerprint density at radius 2 is 1.72 bits per heavy atom. The minimum absolute atomic E-state index is 0.0987. The number of aliphatic hydroxyl groups is 1. The Kier molecular flexibility index (Phi) is 6.29. The maximum atomic E-state index is 13.6. The van der Waals surface area contributed by atoms with Gasteiger partial charge in [-0.25, -0.2) is 4.39 Å². The first-order chi connectivity index (χ1) is 15.7. The molecule has 170 valence electrons. The van der Waals surface area contributed by atoms with Gasteiger partial charge in [0.25, 0.3) is 0 Å². The molecule has 3 fully saturated rings. The zero-order chi connectivity index (χ0) is 22.1. The first-order valence-electron chi connectivity index (χ1n) is 12.2. The Labute approximate surface area is 190 Å². The van der Waals surface area contributed by atoms with Crippen molar-refractivity contribution in [1.29, 1.82) is 0 Å². The van der Waals surface area contributed by atoms with E-state index in [4.69, 9.17) is 0 Å². The Morgan fingerprint density at radius 1 is 0.969 bits per heavy atom. The predicted octanol–water partition coefficient (Wildman–Crippen LogP) is 4.43. The lowest BCUT2D eigenvalue weighted by molar-refractivity contribution is -0.140. The van der Waals surface area contributed by atoms with Gasteiger partial charge in [0, 0.05) is 37.0 Å². The van der Waals surface area contributed by atoms with Gasteiger partial charge < -0.3 is 10.0 Å². The van der Waals surface area contributed by atoms with E-state index in [-0.39, 0.29) is 36.3 Å². The summed E-state index contributed by atoms with van der Waals surface area (Å²) in [6.07, 6.45) is 6.51. The van der Waals surface area contributed by atoms with Crippen molar-refractivity contribution in [3.63, 3.8) is 0 Å². The second-order valence-electron chi connectivity index (χ2n) is 9.69. The maximum absolute atomic E-state index is 13.6. The molecule has 0 bridgehead atoms. The number of fused-ring (bicyclic) bond motifs is 1. The molecule has 5 heteroatoms. The summed E-state index contributed by atoms with van der Waals surface area (Å²) in [5.74, 6) is 0.527. The molecule has 2 heterocycles. The lowest BCUT2D eigenvalue weighted by Crippen LogP contribution is -2.68. The van der Waals surface area contributed by atoms with Gasteiger partial charge in [-0.15, -0.1) is 0 Å². The van der Waals surface area contributed by atoms with Crippen LogP contribution < -0.4 is 0 Å². The lowest BCUT2D eigenvalue weighted by atomic mass is 9.74. The molecule has 0 spiro atoms. The zero-order valence-electron chi connectivity index (χ0n) is 18.6. The number of hydrogen-bond acceptors (Lipinski definition) is 3.